The van der Waals surface area contributed by atoms with Crippen LogP contribution in [0.3, 0.4) is 0 Å². The first kappa shape index (κ1) is 17.1. The summed E-state index contributed by atoms with van der Waals surface area (Å²) in [6.45, 7) is 0. The number of anilines is 1. The molecule has 0 saturated heterocycles. The molecule has 23 heavy (non-hydrogen) atoms. The Bertz CT molecular complexity index is 837. The minimum atomic E-state index is -3.92. The summed E-state index contributed by atoms with van der Waals surface area (Å²) in [5.41, 5.74) is 0.397. The van der Waals surface area contributed by atoms with E-state index in [0.29, 0.717) is 0 Å². The van der Waals surface area contributed by atoms with Crippen LogP contribution in [0.5, 0.6) is 5.75 Å². The van der Waals surface area contributed by atoms with Crippen LogP contribution in [0.15, 0.2) is 47.4 Å². The van der Waals surface area contributed by atoms with Gasteiger partial charge in [-0.3, -0.25) is 9.52 Å². The minimum Gasteiger partial charge on any atom is -0.495 e. The SMILES string of the molecule is CNC(=O)c1ccc(Cl)c(NS(=O)(=O)c2ccccc2OC)c1. The van der Waals surface area contributed by atoms with E-state index in [9.17, 15) is 13.2 Å². The van der Waals surface area contributed by atoms with Crippen molar-refractivity contribution in [3.8, 4) is 5.75 Å². The lowest BCUT2D eigenvalue weighted by molar-refractivity contribution is 0.0963. The molecule has 2 aromatic carbocycles. The van der Waals surface area contributed by atoms with Crippen LogP contribution in [0.1, 0.15) is 10.4 Å². The number of benzene rings is 2. The number of amides is 1. The number of para-hydroxylation sites is 1. The molecule has 122 valence electrons. The van der Waals surface area contributed by atoms with E-state index < -0.39 is 10.0 Å². The number of carbonyl (C=O) groups is 1. The van der Waals surface area contributed by atoms with Crippen molar-refractivity contribution in [2.45, 2.75) is 4.90 Å². The molecular formula is C15H15ClN2O4S. The third kappa shape index (κ3) is 3.75. The summed E-state index contributed by atoms with van der Waals surface area (Å²) in [4.78, 5) is 11.6. The van der Waals surface area contributed by atoms with Gasteiger partial charge in [0.1, 0.15) is 10.6 Å². The Morgan fingerprint density at radius 3 is 2.52 bits per heavy atom. The van der Waals surface area contributed by atoms with Crippen LogP contribution in [0.25, 0.3) is 0 Å². The highest BCUT2D eigenvalue weighted by Crippen LogP contribution is 2.29. The molecule has 2 rings (SSSR count). The molecule has 0 heterocycles. The van der Waals surface area contributed by atoms with E-state index in [1.54, 1.807) is 12.1 Å². The molecule has 0 radical (unpaired) electrons. The average molecular weight is 355 g/mol. The highest BCUT2D eigenvalue weighted by atomic mass is 35.5. The van der Waals surface area contributed by atoms with Crippen LogP contribution >= 0.6 is 11.6 Å². The normalized spacial score (nSPS) is 10.9. The number of methoxy groups -OCH3 is 1. The van der Waals surface area contributed by atoms with E-state index in [1.807, 2.05) is 0 Å². The summed E-state index contributed by atoms with van der Waals surface area (Å²) in [5.74, 6) is -0.141. The highest BCUT2D eigenvalue weighted by Gasteiger charge is 2.20. The zero-order valence-electron chi connectivity index (χ0n) is 12.5. The molecule has 1 amide bonds. The lowest BCUT2D eigenvalue weighted by Gasteiger charge is -2.13. The monoisotopic (exact) mass is 354 g/mol. The quantitative estimate of drug-likeness (QED) is 0.864. The lowest BCUT2D eigenvalue weighted by atomic mass is 10.2. The van der Waals surface area contributed by atoms with Gasteiger partial charge < -0.3 is 10.1 Å². The van der Waals surface area contributed by atoms with Crippen LogP contribution in [0, 0.1) is 0 Å². The van der Waals surface area contributed by atoms with Crippen molar-refractivity contribution in [3.05, 3.63) is 53.1 Å². The van der Waals surface area contributed by atoms with Gasteiger partial charge in [0.15, 0.2) is 0 Å². The van der Waals surface area contributed by atoms with E-state index in [2.05, 4.69) is 10.0 Å². The van der Waals surface area contributed by atoms with Gasteiger partial charge in [0.25, 0.3) is 15.9 Å². The summed E-state index contributed by atoms with van der Waals surface area (Å²) in [6, 6.07) is 10.5. The van der Waals surface area contributed by atoms with Crippen molar-refractivity contribution < 1.29 is 17.9 Å². The predicted octanol–water partition coefficient (Wildman–Crippen LogP) is 2.51. The third-order valence-electron chi connectivity index (χ3n) is 3.06. The Hall–Kier alpha value is -2.25. The molecule has 2 N–H and O–H groups in total. The summed E-state index contributed by atoms with van der Waals surface area (Å²) in [7, 11) is -1.05. The fourth-order valence-electron chi connectivity index (χ4n) is 1.93. The number of sulfonamides is 1. The number of nitrogens with one attached hydrogen (secondary N) is 2. The van der Waals surface area contributed by atoms with E-state index in [-0.39, 0.29) is 32.8 Å². The molecule has 0 atom stereocenters. The van der Waals surface area contributed by atoms with Crippen molar-refractivity contribution in [1.29, 1.82) is 0 Å². The van der Waals surface area contributed by atoms with Gasteiger partial charge in [0.05, 0.1) is 17.8 Å². The number of halogens is 1. The molecule has 2 aromatic rings. The lowest BCUT2D eigenvalue weighted by Crippen LogP contribution is -2.19. The Morgan fingerprint density at radius 2 is 1.87 bits per heavy atom. The molecule has 6 nitrogen and oxygen atoms in total. The van der Waals surface area contributed by atoms with E-state index in [0.717, 1.165) is 0 Å². The fraction of sp³-hybridized carbons (Fsp3) is 0.133. The van der Waals surface area contributed by atoms with Crippen LogP contribution in [0.2, 0.25) is 5.02 Å². The smallest absolute Gasteiger partial charge is 0.265 e. The maximum Gasteiger partial charge on any atom is 0.265 e. The molecule has 0 saturated carbocycles. The molecule has 0 bridgehead atoms. The van der Waals surface area contributed by atoms with E-state index in [1.165, 1.54) is 44.5 Å². The van der Waals surface area contributed by atoms with Crippen molar-refractivity contribution in [1.82, 2.24) is 5.32 Å². The molecule has 0 aliphatic carbocycles. The van der Waals surface area contributed by atoms with Gasteiger partial charge in [-0.25, -0.2) is 8.42 Å². The van der Waals surface area contributed by atoms with Gasteiger partial charge in [-0.2, -0.15) is 0 Å². The van der Waals surface area contributed by atoms with Crippen molar-refractivity contribution >= 4 is 33.2 Å². The first-order chi connectivity index (χ1) is 10.9. The second-order valence-corrected chi connectivity index (χ2v) is 6.59. The van der Waals surface area contributed by atoms with Crippen molar-refractivity contribution in [3.63, 3.8) is 0 Å². The summed E-state index contributed by atoms with van der Waals surface area (Å²) in [6.07, 6.45) is 0. The average Bonchev–Trinajstić information content (AvgIpc) is 2.55. The number of carbonyl (C=O) groups excluding carboxylic acids is 1. The largest absolute Gasteiger partial charge is 0.495 e. The molecule has 0 aromatic heterocycles. The molecule has 0 unspecified atom stereocenters. The molecule has 0 spiro atoms. The van der Waals surface area contributed by atoms with Crippen molar-refractivity contribution in [2.75, 3.05) is 18.9 Å². The highest BCUT2D eigenvalue weighted by molar-refractivity contribution is 7.92. The maximum absolute atomic E-state index is 12.5. The topological polar surface area (TPSA) is 84.5 Å². The molecule has 0 aliphatic rings. The Morgan fingerprint density at radius 1 is 1.17 bits per heavy atom. The van der Waals surface area contributed by atoms with E-state index in [4.69, 9.17) is 16.3 Å². The van der Waals surface area contributed by atoms with Gasteiger partial charge in [-0.1, -0.05) is 23.7 Å². The summed E-state index contributed by atoms with van der Waals surface area (Å²) < 4.78 is 32.5. The standard InChI is InChI=1S/C15H15ClN2O4S/c1-17-15(19)10-7-8-11(16)12(9-10)18-23(20,21)14-6-4-3-5-13(14)22-2/h3-9,18H,1-2H3,(H,17,19). The zero-order chi connectivity index (χ0) is 17.0. The third-order valence-corrected chi connectivity index (χ3v) is 4.79. The van der Waals surface area contributed by atoms with Crippen LogP contribution < -0.4 is 14.8 Å². The summed E-state index contributed by atoms with van der Waals surface area (Å²) >= 11 is 6.02. The molecule has 0 aliphatic heterocycles. The fourth-order valence-corrected chi connectivity index (χ4v) is 3.39. The zero-order valence-corrected chi connectivity index (χ0v) is 14.0. The second-order valence-electron chi connectivity index (χ2n) is 4.53. The first-order valence-corrected chi connectivity index (χ1v) is 8.42. The number of rotatable bonds is 5. The van der Waals surface area contributed by atoms with Gasteiger partial charge >= 0.3 is 0 Å². The minimum absolute atomic E-state index is 0.0242. The van der Waals surface area contributed by atoms with E-state index >= 15 is 0 Å². The number of hydrogen-bond acceptors (Lipinski definition) is 4. The second kappa shape index (κ2) is 6.89. The molecular weight excluding hydrogens is 340 g/mol. The number of ether oxygens (including phenoxy) is 1. The molecule has 0 fully saturated rings. The Labute approximate surface area is 139 Å². The summed E-state index contributed by atoms with van der Waals surface area (Å²) in [5, 5.41) is 2.64. The first-order valence-electron chi connectivity index (χ1n) is 6.56. The molecule has 8 heteroatoms. The number of hydrogen-bond donors (Lipinski definition) is 2. The van der Waals surface area contributed by atoms with Gasteiger partial charge in [0.2, 0.25) is 0 Å². The van der Waals surface area contributed by atoms with Crippen LogP contribution in [0.4, 0.5) is 5.69 Å². The Balaban J connectivity index is 2.43. The maximum atomic E-state index is 12.5. The van der Waals surface area contributed by atoms with Gasteiger partial charge in [0, 0.05) is 12.6 Å². The van der Waals surface area contributed by atoms with Gasteiger partial charge in [-0.05, 0) is 30.3 Å². The predicted molar refractivity (Wildman–Crippen MR) is 88.6 cm³/mol. The van der Waals surface area contributed by atoms with Crippen molar-refractivity contribution in [2.24, 2.45) is 0 Å². The Kier molecular flexibility index (Phi) is 5.12. The van der Waals surface area contributed by atoms with Gasteiger partial charge in [-0.15, -0.1) is 0 Å². The van der Waals surface area contributed by atoms with Crippen LogP contribution in [-0.2, 0) is 10.0 Å². The van der Waals surface area contributed by atoms with Crippen LogP contribution in [-0.4, -0.2) is 28.5 Å².